The summed E-state index contributed by atoms with van der Waals surface area (Å²) in [6.45, 7) is 2.93. The molecule has 1 saturated heterocycles. The molecule has 1 aliphatic rings. The van der Waals surface area contributed by atoms with Gasteiger partial charge in [-0.25, -0.2) is 0 Å². The van der Waals surface area contributed by atoms with Gasteiger partial charge in [0.05, 0.1) is 12.7 Å². The zero-order valence-corrected chi connectivity index (χ0v) is 10.6. The van der Waals surface area contributed by atoms with Gasteiger partial charge in [0.15, 0.2) is 0 Å². The number of hydrogen-bond acceptors (Lipinski definition) is 3. The molecule has 0 unspecified atom stereocenters. The van der Waals surface area contributed by atoms with Gasteiger partial charge < -0.3 is 15.2 Å². The minimum Gasteiger partial charge on any atom is -0.497 e. The second-order valence-electron chi connectivity index (χ2n) is 5.03. The van der Waals surface area contributed by atoms with Crippen LogP contribution in [0.15, 0.2) is 24.3 Å². The van der Waals surface area contributed by atoms with Crippen LogP contribution in [0.2, 0.25) is 0 Å². The topological polar surface area (TPSA) is 41.5 Å². The van der Waals surface area contributed by atoms with Gasteiger partial charge >= 0.3 is 0 Å². The molecule has 0 bridgehead atoms. The van der Waals surface area contributed by atoms with Crippen LogP contribution in [0.4, 0.5) is 0 Å². The van der Waals surface area contributed by atoms with Crippen LogP contribution >= 0.6 is 0 Å². The molecule has 94 valence electrons. The molecule has 1 heterocycles. The molecule has 1 aliphatic heterocycles. The largest absolute Gasteiger partial charge is 0.497 e. The number of hydrogen-bond donors (Lipinski definition) is 2. The molecule has 0 spiro atoms. The Balaban J connectivity index is 2.02. The Hall–Kier alpha value is -1.06. The molecular formula is C14H21NO2. The molecular weight excluding hydrogens is 214 g/mol. The molecule has 0 amide bonds. The van der Waals surface area contributed by atoms with Crippen LogP contribution in [0.3, 0.4) is 0 Å². The van der Waals surface area contributed by atoms with E-state index in [-0.39, 0.29) is 6.04 Å². The van der Waals surface area contributed by atoms with Crippen LogP contribution in [-0.4, -0.2) is 30.4 Å². The van der Waals surface area contributed by atoms with Crippen LogP contribution in [0.1, 0.15) is 25.3 Å². The van der Waals surface area contributed by atoms with E-state index in [4.69, 9.17) is 4.74 Å². The van der Waals surface area contributed by atoms with E-state index in [9.17, 15) is 5.11 Å². The van der Waals surface area contributed by atoms with Crippen molar-refractivity contribution in [3.05, 3.63) is 29.8 Å². The fourth-order valence-corrected chi connectivity index (χ4v) is 2.50. The lowest BCUT2D eigenvalue weighted by molar-refractivity contribution is 0.0262. The molecule has 1 aromatic rings. The number of benzene rings is 1. The zero-order chi connectivity index (χ0) is 12.3. The highest BCUT2D eigenvalue weighted by Crippen LogP contribution is 2.24. The lowest BCUT2D eigenvalue weighted by Gasteiger charge is -2.30. The standard InChI is InChI=1S/C14H21NO2/c1-14(16,13-4-3-9-15-13)10-11-5-7-12(17-2)8-6-11/h5-8,13,15-16H,3-4,9-10H2,1-2H3/t13-,14+/m0/s1. The highest BCUT2D eigenvalue weighted by molar-refractivity contribution is 5.28. The van der Waals surface area contributed by atoms with Gasteiger partial charge in [0, 0.05) is 12.5 Å². The quantitative estimate of drug-likeness (QED) is 0.835. The zero-order valence-electron chi connectivity index (χ0n) is 10.6. The predicted molar refractivity (Wildman–Crippen MR) is 68.3 cm³/mol. The summed E-state index contributed by atoms with van der Waals surface area (Å²) < 4.78 is 5.12. The van der Waals surface area contributed by atoms with Crippen molar-refractivity contribution >= 4 is 0 Å². The second kappa shape index (κ2) is 5.07. The maximum atomic E-state index is 10.5. The van der Waals surface area contributed by atoms with Gasteiger partial charge in [0.1, 0.15) is 5.75 Å². The first-order valence-corrected chi connectivity index (χ1v) is 6.20. The van der Waals surface area contributed by atoms with Gasteiger partial charge in [-0.2, -0.15) is 0 Å². The summed E-state index contributed by atoms with van der Waals surface area (Å²) in [7, 11) is 1.66. The molecule has 3 nitrogen and oxygen atoms in total. The normalized spacial score (nSPS) is 23.4. The summed E-state index contributed by atoms with van der Waals surface area (Å²) in [5.74, 6) is 0.854. The van der Waals surface area contributed by atoms with Crippen LogP contribution in [0, 0.1) is 0 Å². The van der Waals surface area contributed by atoms with Crippen molar-refractivity contribution in [1.82, 2.24) is 5.32 Å². The van der Waals surface area contributed by atoms with Crippen LogP contribution in [0.25, 0.3) is 0 Å². The average molecular weight is 235 g/mol. The Morgan fingerprint density at radius 1 is 1.41 bits per heavy atom. The molecule has 2 atom stereocenters. The first-order chi connectivity index (χ1) is 8.12. The number of methoxy groups -OCH3 is 1. The lowest BCUT2D eigenvalue weighted by Crippen LogP contribution is -2.46. The van der Waals surface area contributed by atoms with Crippen molar-refractivity contribution in [1.29, 1.82) is 0 Å². The Morgan fingerprint density at radius 2 is 2.12 bits per heavy atom. The first-order valence-electron chi connectivity index (χ1n) is 6.20. The molecule has 3 heteroatoms. The fraction of sp³-hybridized carbons (Fsp3) is 0.571. The predicted octanol–water partition coefficient (Wildman–Crippen LogP) is 1.74. The molecule has 0 saturated carbocycles. The summed E-state index contributed by atoms with van der Waals surface area (Å²) in [5, 5.41) is 13.9. The SMILES string of the molecule is COc1ccc(C[C@@](C)(O)[C@@H]2CCCN2)cc1. The van der Waals surface area contributed by atoms with Gasteiger partial charge in [0.25, 0.3) is 0 Å². The van der Waals surface area contributed by atoms with E-state index >= 15 is 0 Å². The Morgan fingerprint density at radius 3 is 2.65 bits per heavy atom. The molecule has 17 heavy (non-hydrogen) atoms. The van der Waals surface area contributed by atoms with E-state index in [2.05, 4.69) is 5.32 Å². The van der Waals surface area contributed by atoms with Crippen LogP contribution in [-0.2, 0) is 6.42 Å². The van der Waals surface area contributed by atoms with E-state index in [0.29, 0.717) is 6.42 Å². The minimum atomic E-state index is -0.676. The van der Waals surface area contributed by atoms with E-state index in [0.717, 1.165) is 30.7 Å². The fourth-order valence-electron chi connectivity index (χ4n) is 2.50. The van der Waals surface area contributed by atoms with Crippen LogP contribution in [0.5, 0.6) is 5.75 Å². The van der Waals surface area contributed by atoms with Crippen LogP contribution < -0.4 is 10.1 Å². The number of rotatable bonds is 4. The van der Waals surface area contributed by atoms with E-state index < -0.39 is 5.60 Å². The van der Waals surface area contributed by atoms with E-state index in [1.807, 2.05) is 31.2 Å². The van der Waals surface area contributed by atoms with Gasteiger partial charge in [-0.15, -0.1) is 0 Å². The summed E-state index contributed by atoms with van der Waals surface area (Å²) in [4.78, 5) is 0. The van der Waals surface area contributed by atoms with E-state index in [1.54, 1.807) is 7.11 Å². The first kappa shape index (κ1) is 12.4. The Kier molecular flexibility index (Phi) is 3.69. The summed E-state index contributed by atoms with van der Waals surface area (Å²) >= 11 is 0. The molecule has 1 aromatic carbocycles. The van der Waals surface area contributed by atoms with Crippen molar-refractivity contribution in [3.8, 4) is 5.75 Å². The summed E-state index contributed by atoms with van der Waals surface area (Å²) in [6, 6.07) is 8.12. The Bertz CT molecular complexity index is 353. The highest BCUT2D eigenvalue weighted by Gasteiger charge is 2.33. The number of nitrogens with one attached hydrogen (secondary N) is 1. The summed E-state index contributed by atoms with van der Waals surface area (Å²) in [5.41, 5.74) is 0.468. The van der Waals surface area contributed by atoms with Gasteiger partial charge in [0.2, 0.25) is 0 Å². The molecule has 1 fully saturated rings. The summed E-state index contributed by atoms with van der Waals surface area (Å²) in [6.07, 6.45) is 2.89. The average Bonchev–Trinajstić information content (AvgIpc) is 2.84. The van der Waals surface area contributed by atoms with Crippen molar-refractivity contribution in [2.45, 2.75) is 37.8 Å². The molecule has 2 rings (SSSR count). The molecule has 0 aliphatic carbocycles. The molecule has 0 aromatic heterocycles. The molecule has 0 radical (unpaired) electrons. The third-order valence-electron chi connectivity index (χ3n) is 3.53. The second-order valence-corrected chi connectivity index (χ2v) is 5.03. The minimum absolute atomic E-state index is 0.213. The lowest BCUT2D eigenvalue weighted by atomic mass is 9.88. The van der Waals surface area contributed by atoms with Gasteiger partial charge in [-0.05, 0) is 44.0 Å². The third kappa shape index (κ3) is 2.99. The van der Waals surface area contributed by atoms with E-state index in [1.165, 1.54) is 0 Å². The highest BCUT2D eigenvalue weighted by atomic mass is 16.5. The van der Waals surface area contributed by atoms with Gasteiger partial charge in [-0.3, -0.25) is 0 Å². The monoisotopic (exact) mass is 235 g/mol. The third-order valence-corrected chi connectivity index (χ3v) is 3.53. The van der Waals surface area contributed by atoms with Crippen molar-refractivity contribution in [3.63, 3.8) is 0 Å². The number of aliphatic hydroxyl groups is 1. The maximum Gasteiger partial charge on any atom is 0.118 e. The van der Waals surface area contributed by atoms with Crippen molar-refractivity contribution in [2.75, 3.05) is 13.7 Å². The van der Waals surface area contributed by atoms with Crippen molar-refractivity contribution in [2.24, 2.45) is 0 Å². The smallest absolute Gasteiger partial charge is 0.118 e. The number of ether oxygens (including phenoxy) is 1. The van der Waals surface area contributed by atoms with Crippen molar-refractivity contribution < 1.29 is 9.84 Å². The Labute approximate surface area is 103 Å². The maximum absolute atomic E-state index is 10.5. The molecule has 2 N–H and O–H groups in total. The van der Waals surface area contributed by atoms with Gasteiger partial charge in [-0.1, -0.05) is 12.1 Å².